The van der Waals surface area contributed by atoms with Gasteiger partial charge in [0.15, 0.2) is 0 Å². The predicted octanol–water partition coefficient (Wildman–Crippen LogP) is 1.75. The van der Waals surface area contributed by atoms with Crippen molar-refractivity contribution in [3.05, 3.63) is 0 Å². The van der Waals surface area contributed by atoms with Crippen LogP contribution in [0.3, 0.4) is 0 Å². The van der Waals surface area contributed by atoms with Gasteiger partial charge in [-0.3, -0.25) is 0 Å². The van der Waals surface area contributed by atoms with Crippen LogP contribution in [0.2, 0.25) is 0 Å². The zero-order valence-electron chi connectivity index (χ0n) is 10.9. The van der Waals surface area contributed by atoms with Crippen molar-refractivity contribution < 1.29 is 9.84 Å². The molecule has 0 aliphatic carbocycles. The lowest BCUT2D eigenvalue weighted by Crippen LogP contribution is -2.31. The number of nitrogens with one attached hydrogen (secondary N) is 1. The van der Waals surface area contributed by atoms with Gasteiger partial charge in [0.25, 0.3) is 0 Å². The van der Waals surface area contributed by atoms with Gasteiger partial charge in [-0.2, -0.15) is 11.8 Å². The zero-order chi connectivity index (χ0) is 12.2. The maximum atomic E-state index is 9.56. The largest absolute Gasteiger partial charge is 0.389 e. The summed E-state index contributed by atoms with van der Waals surface area (Å²) in [6.45, 7) is 7.22. The molecule has 0 saturated heterocycles. The van der Waals surface area contributed by atoms with Crippen LogP contribution in [0.25, 0.3) is 0 Å². The summed E-state index contributed by atoms with van der Waals surface area (Å²) < 4.78 is 5.41. The van der Waals surface area contributed by atoms with E-state index in [9.17, 15) is 5.11 Å². The van der Waals surface area contributed by atoms with E-state index < -0.39 is 0 Å². The van der Waals surface area contributed by atoms with Crippen LogP contribution in [0.15, 0.2) is 0 Å². The Morgan fingerprint density at radius 2 is 2.12 bits per heavy atom. The Morgan fingerprint density at radius 1 is 1.38 bits per heavy atom. The molecule has 0 amide bonds. The molecule has 0 aromatic heterocycles. The van der Waals surface area contributed by atoms with E-state index in [1.807, 2.05) is 0 Å². The molecule has 2 N–H and O–H groups in total. The molecule has 0 radical (unpaired) electrons. The van der Waals surface area contributed by atoms with Crippen LogP contribution in [0.4, 0.5) is 0 Å². The summed E-state index contributed by atoms with van der Waals surface area (Å²) in [6.07, 6.45) is 3.99. The van der Waals surface area contributed by atoms with Gasteiger partial charge in [0.2, 0.25) is 0 Å². The fraction of sp³-hybridized carbons (Fsp3) is 1.00. The van der Waals surface area contributed by atoms with Gasteiger partial charge in [0.1, 0.15) is 0 Å². The molecule has 0 aliphatic rings. The highest BCUT2D eigenvalue weighted by atomic mass is 32.2. The number of aliphatic hydroxyl groups excluding tert-OH is 1. The number of aliphatic hydroxyl groups is 1. The third kappa shape index (κ3) is 12.3. The predicted molar refractivity (Wildman–Crippen MR) is 72.1 cm³/mol. The van der Waals surface area contributed by atoms with Crippen LogP contribution in [-0.2, 0) is 4.74 Å². The number of ether oxygens (including phenoxy) is 1. The van der Waals surface area contributed by atoms with Crippen molar-refractivity contribution in [3.63, 3.8) is 0 Å². The van der Waals surface area contributed by atoms with Gasteiger partial charge in [-0.15, -0.1) is 0 Å². The Labute approximate surface area is 104 Å². The van der Waals surface area contributed by atoms with Crippen molar-refractivity contribution in [2.24, 2.45) is 5.92 Å². The normalized spacial score (nSPS) is 13.3. The second kappa shape index (κ2) is 11.7. The second-order valence-corrected chi connectivity index (χ2v) is 5.45. The average Bonchev–Trinajstić information content (AvgIpc) is 2.23. The average molecular weight is 249 g/mol. The number of thioether (sulfide) groups is 1. The highest BCUT2D eigenvalue weighted by molar-refractivity contribution is 7.98. The summed E-state index contributed by atoms with van der Waals surface area (Å²) in [5.74, 6) is 1.82. The van der Waals surface area contributed by atoms with Crippen LogP contribution >= 0.6 is 11.8 Å². The first-order valence-corrected chi connectivity index (χ1v) is 7.51. The molecule has 16 heavy (non-hydrogen) atoms. The molecular formula is C12H27NO2S. The van der Waals surface area contributed by atoms with E-state index in [0.29, 0.717) is 13.2 Å². The highest BCUT2D eigenvalue weighted by Crippen LogP contribution is 2.03. The summed E-state index contributed by atoms with van der Waals surface area (Å²) >= 11 is 1.81. The van der Waals surface area contributed by atoms with E-state index in [1.165, 1.54) is 6.42 Å². The molecule has 0 bridgehead atoms. The van der Waals surface area contributed by atoms with Crippen molar-refractivity contribution in [3.8, 4) is 0 Å². The molecule has 0 aromatic carbocycles. The van der Waals surface area contributed by atoms with Crippen LogP contribution < -0.4 is 5.32 Å². The number of hydrogen-bond acceptors (Lipinski definition) is 4. The Bertz CT molecular complexity index is 145. The Balaban J connectivity index is 3.14. The molecule has 0 heterocycles. The molecule has 0 saturated carbocycles. The first kappa shape index (κ1) is 16.2. The van der Waals surface area contributed by atoms with E-state index in [-0.39, 0.29) is 6.10 Å². The van der Waals surface area contributed by atoms with Crippen LogP contribution in [0, 0.1) is 5.92 Å². The van der Waals surface area contributed by atoms with Gasteiger partial charge in [-0.1, -0.05) is 13.8 Å². The highest BCUT2D eigenvalue weighted by Gasteiger charge is 2.03. The SMILES string of the molecule is CSCCNCC(O)COCCCC(C)C. The quantitative estimate of drug-likeness (QED) is 0.548. The van der Waals surface area contributed by atoms with Crippen molar-refractivity contribution in [2.45, 2.75) is 32.8 Å². The molecule has 3 nitrogen and oxygen atoms in total. The fourth-order valence-corrected chi connectivity index (χ4v) is 1.66. The molecule has 0 aliphatic heterocycles. The molecule has 4 heteroatoms. The van der Waals surface area contributed by atoms with Gasteiger partial charge < -0.3 is 15.2 Å². The monoisotopic (exact) mass is 249 g/mol. The van der Waals surface area contributed by atoms with Gasteiger partial charge >= 0.3 is 0 Å². The zero-order valence-corrected chi connectivity index (χ0v) is 11.7. The topological polar surface area (TPSA) is 41.5 Å². The van der Waals surface area contributed by atoms with Crippen molar-refractivity contribution in [2.75, 3.05) is 38.3 Å². The molecule has 98 valence electrons. The lowest BCUT2D eigenvalue weighted by Gasteiger charge is -2.12. The second-order valence-electron chi connectivity index (χ2n) is 4.46. The van der Waals surface area contributed by atoms with E-state index in [0.717, 1.165) is 31.2 Å². The van der Waals surface area contributed by atoms with Gasteiger partial charge in [0.05, 0.1) is 12.7 Å². The first-order valence-electron chi connectivity index (χ1n) is 6.12. The Morgan fingerprint density at radius 3 is 2.75 bits per heavy atom. The molecule has 0 aromatic rings. The third-order valence-electron chi connectivity index (χ3n) is 2.24. The molecule has 0 fully saturated rings. The summed E-state index contributed by atoms with van der Waals surface area (Å²) in [6, 6.07) is 0. The fourth-order valence-electron chi connectivity index (χ4n) is 1.31. The summed E-state index contributed by atoms with van der Waals surface area (Å²) in [5.41, 5.74) is 0. The molecule has 0 rings (SSSR count). The minimum atomic E-state index is -0.374. The minimum Gasteiger partial charge on any atom is -0.389 e. The van der Waals surface area contributed by atoms with Gasteiger partial charge in [0, 0.05) is 25.4 Å². The van der Waals surface area contributed by atoms with Crippen molar-refractivity contribution >= 4 is 11.8 Å². The van der Waals surface area contributed by atoms with Crippen molar-refractivity contribution in [1.29, 1.82) is 0 Å². The van der Waals surface area contributed by atoms with Crippen molar-refractivity contribution in [1.82, 2.24) is 5.32 Å². The molecule has 0 spiro atoms. The smallest absolute Gasteiger partial charge is 0.0897 e. The minimum absolute atomic E-state index is 0.374. The van der Waals surface area contributed by atoms with E-state index in [1.54, 1.807) is 11.8 Å². The van der Waals surface area contributed by atoms with Gasteiger partial charge in [-0.25, -0.2) is 0 Å². The van der Waals surface area contributed by atoms with Crippen LogP contribution in [-0.4, -0.2) is 49.5 Å². The maximum absolute atomic E-state index is 9.56. The van der Waals surface area contributed by atoms with E-state index in [2.05, 4.69) is 25.4 Å². The van der Waals surface area contributed by atoms with Gasteiger partial charge in [-0.05, 0) is 25.0 Å². The lowest BCUT2D eigenvalue weighted by molar-refractivity contribution is 0.0351. The van der Waals surface area contributed by atoms with Crippen LogP contribution in [0.1, 0.15) is 26.7 Å². The lowest BCUT2D eigenvalue weighted by atomic mass is 10.1. The summed E-state index contributed by atoms with van der Waals surface area (Å²) in [7, 11) is 0. The first-order chi connectivity index (χ1) is 7.66. The molecule has 1 unspecified atom stereocenters. The Hall–Kier alpha value is 0.230. The van der Waals surface area contributed by atoms with Crippen LogP contribution in [0.5, 0.6) is 0 Å². The molecule has 1 atom stereocenters. The molecular weight excluding hydrogens is 222 g/mol. The number of rotatable bonds is 11. The number of hydrogen-bond donors (Lipinski definition) is 2. The summed E-state index contributed by atoms with van der Waals surface area (Å²) in [4.78, 5) is 0. The third-order valence-corrected chi connectivity index (χ3v) is 2.86. The van der Waals surface area contributed by atoms with E-state index >= 15 is 0 Å². The maximum Gasteiger partial charge on any atom is 0.0897 e. The summed E-state index contributed by atoms with van der Waals surface area (Å²) in [5, 5.41) is 12.8. The Kier molecular flexibility index (Phi) is 11.9. The standard InChI is InChI=1S/C12H27NO2S/c1-11(2)5-4-7-15-10-12(14)9-13-6-8-16-3/h11-14H,4-10H2,1-3H3. The van der Waals surface area contributed by atoms with E-state index in [4.69, 9.17) is 4.74 Å².